The Balaban J connectivity index is 1.39. The van der Waals surface area contributed by atoms with Gasteiger partial charge in [-0.05, 0) is 32.6 Å². The van der Waals surface area contributed by atoms with E-state index in [0.717, 1.165) is 61.8 Å². The van der Waals surface area contributed by atoms with E-state index in [1.165, 1.54) is 0 Å². The van der Waals surface area contributed by atoms with Crippen LogP contribution in [0.15, 0.2) is 4.79 Å². The molecule has 10 heteroatoms. The minimum Gasteiger partial charge on any atom is -0.378 e. The van der Waals surface area contributed by atoms with Crippen molar-refractivity contribution in [1.29, 1.82) is 0 Å². The summed E-state index contributed by atoms with van der Waals surface area (Å²) in [7, 11) is 0. The van der Waals surface area contributed by atoms with Gasteiger partial charge in [-0.15, -0.1) is 0 Å². The number of amides is 1. The smallest absolute Gasteiger partial charge is 0.275 e. The van der Waals surface area contributed by atoms with Gasteiger partial charge in [0.25, 0.3) is 11.5 Å². The lowest BCUT2D eigenvalue weighted by Crippen LogP contribution is -2.45. The van der Waals surface area contributed by atoms with Crippen LogP contribution < -0.4 is 10.5 Å². The van der Waals surface area contributed by atoms with Crippen LogP contribution >= 0.6 is 11.7 Å². The fourth-order valence-electron chi connectivity index (χ4n) is 4.76. The first kappa shape index (κ1) is 18.7. The standard InChI is InChI=1S/C19H24N6O3S/c1-12-14(23-29-22-12)17(27)24-6-4-19(5-7-24)3-2-13-15(19)20-18(21-16(13)26)25-8-10-28-11-9-25/h2-11H2,1H3,(H,20,21,26). The zero-order valence-corrected chi connectivity index (χ0v) is 17.3. The molecule has 0 bridgehead atoms. The van der Waals surface area contributed by atoms with E-state index in [1.807, 2.05) is 11.8 Å². The van der Waals surface area contributed by atoms with Crippen LogP contribution in [-0.4, -0.2) is 68.9 Å². The molecule has 1 aliphatic carbocycles. The molecule has 9 nitrogen and oxygen atoms in total. The maximum Gasteiger partial charge on any atom is 0.275 e. The van der Waals surface area contributed by atoms with E-state index in [0.29, 0.717) is 43.6 Å². The van der Waals surface area contributed by atoms with Crippen LogP contribution in [0, 0.1) is 6.92 Å². The summed E-state index contributed by atoms with van der Waals surface area (Å²) >= 11 is 1.08. The fraction of sp³-hybridized carbons (Fsp3) is 0.632. The number of fused-ring (bicyclic) bond motifs is 2. The van der Waals surface area contributed by atoms with Crippen LogP contribution in [-0.2, 0) is 16.6 Å². The Morgan fingerprint density at radius 3 is 2.59 bits per heavy atom. The highest BCUT2D eigenvalue weighted by Crippen LogP contribution is 2.44. The molecule has 0 saturated carbocycles. The van der Waals surface area contributed by atoms with Crippen LogP contribution in [0.1, 0.15) is 46.7 Å². The number of likely N-dealkylation sites (tertiary alicyclic amines) is 1. The Labute approximate surface area is 172 Å². The van der Waals surface area contributed by atoms with Crippen molar-refractivity contribution in [3.8, 4) is 0 Å². The lowest BCUT2D eigenvalue weighted by Gasteiger charge is -2.39. The van der Waals surface area contributed by atoms with Crippen molar-refractivity contribution in [1.82, 2.24) is 23.6 Å². The highest BCUT2D eigenvalue weighted by molar-refractivity contribution is 6.99. The number of rotatable bonds is 2. The van der Waals surface area contributed by atoms with E-state index >= 15 is 0 Å². The lowest BCUT2D eigenvalue weighted by molar-refractivity contribution is 0.0658. The third kappa shape index (κ3) is 3.14. The summed E-state index contributed by atoms with van der Waals surface area (Å²) in [5, 5.41) is 0. The van der Waals surface area contributed by atoms with Gasteiger partial charge in [-0.25, -0.2) is 4.98 Å². The number of aromatic nitrogens is 4. The largest absolute Gasteiger partial charge is 0.378 e. The summed E-state index contributed by atoms with van der Waals surface area (Å²) in [6, 6.07) is 0. The van der Waals surface area contributed by atoms with Gasteiger partial charge in [0.2, 0.25) is 5.95 Å². The van der Waals surface area contributed by atoms with Gasteiger partial charge in [0, 0.05) is 37.2 Å². The maximum atomic E-state index is 12.8. The number of carbonyl (C=O) groups is 1. The van der Waals surface area contributed by atoms with Crippen molar-refractivity contribution in [2.45, 2.75) is 38.0 Å². The molecule has 2 saturated heterocycles. The molecule has 0 atom stereocenters. The Kier molecular flexibility index (Phi) is 4.62. The quantitative estimate of drug-likeness (QED) is 0.775. The number of aromatic amines is 1. The Hall–Kier alpha value is -2.33. The number of H-pyrrole nitrogens is 1. The summed E-state index contributed by atoms with van der Waals surface area (Å²) < 4.78 is 13.7. The molecule has 29 heavy (non-hydrogen) atoms. The van der Waals surface area contributed by atoms with Gasteiger partial charge in [0.15, 0.2) is 5.69 Å². The molecule has 2 aliphatic heterocycles. The molecule has 154 valence electrons. The topological polar surface area (TPSA) is 104 Å². The van der Waals surface area contributed by atoms with E-state index in [1.54, 1.807) is 0 Å². The summed E-state index contributed by atoms with van der Waals surface area (Å²) in [4.78, 5) is 37.4. The van der Waals surface area contributed by atoms with Gasteiger partial charge in [-0.2, -0.15) is 8.75 Å². The molecule has 0 radical (unpaired) electrons. The zero-order valence-electron chi connectivity index (χ0n) is 16.4. The Bertz CT molecular complexity index is 988. The van der Waals surface area contributed by atoms with Crippen molar-refractivity contribution in [2.75, 3.05) is 44.3 Å². The summed E-state index contributed by atoms with van der Waals surface area (Å²) in [5.74, 6) is 0.609. The molecule has 1 N–H and O–H groups in total. The predicted octanol–water partition coefficient (Wildman–Crippen LogP) is 0.887. The average Bonchev–Trinajstić information content (AvgIpc) is 3.33. The van der Waals surface area contributed by atoms with Crippen molar-refractivity contribution >= 4 is 23.6 Å². The second kappa shape index (κ2) is 7.17. The number of ether oxygens (including phenoxy) is 1. The van der Waals surface area contributed by atoms with Gasteiger partial charge < -0.3 is 14.5 Å². The first-order valence-electron chi connectivity index (χ1n) is 10.1. The first-order chi connectivity index (χ1) is 14.1. The maximum absolute atomic E-state index is 12.8. The van der Waals surface area contributed by atoms with E-state index < -0.39 is 0 Å². The summed E-state index contributed by atoms with van der Waals surface area (Å²) in [5.41, 5.74) is 2.78. The summed E-state index contributed by atoms with van der Waals surface area (Å²) in [6.07, 6.45) is 3.32. The van der Waals surface area contributed by atoms with Crippen molar-refractivity contribution in [3.63, 3.8) is 0 Å². The van der Waals surface area contributed by atoms with Crippen LogP contribution in [0.5, 0.6) is 0 Å². The van der Waals surface area contributed by atoms with Crippen molar-refractivity contribution < 1.29 is 9.53 Å². The fourth-order valence-corrected chi connectivity index (χ4v) is 5.31. The minimum absolute atomic E-state index is 0.0176. The van der Waals surface area contributed by atoms with Gasteiger partial charge in [-0.3, -0.25) is 14.6 Å². The number of nitrogens with zero attached hydrogens (tertiary/aromatic N) is 5. The molecule has 4 heterocycles. The van der Waals surface area contributed by atoms with E-state index in [2.05, 4.69) is 18.6 Å². The number of carbonyl (C=O) groups excluding carboxylic acids is 1. The number of nitrogens with one attached hydrogen (secondary N) is 1. The van der Waals surface area contributed by atoms with Crippen LogP contribution in [0.2, 0.25) is 0 Å². The molecule has 0 unspecified atom stereocenters. The second-order valence-electron chi connectivity index (χ2n) is 8.09. The highest BCUT2D eigenvalue weighted by atomic mass is 32.1. The molecule has 5 rings (SSSR count). The van der Waals surface area contributed by atoms with Crippen molar-refractivity contribution in [3.05, 3.63) is 33.0 Å². The van der Waals surface area contributed by atoms with E-state index in [4.69, 9.17) is 9.72 Å². The van der Waals surface area contributed by atoms with E-state index in [-0.39, 0.29) is 16.9 Å². The molecule has 1 amide bonds. The van der Waals surface area contributed by atoms with Gasteiger partial charge in [0.1, 0.15) is 0 Å². The molecule has 2 fully saturated rings. The summed E-state index contributed by atoms with van der Waals surface area (Å²) in [6.45, 7) is 5.88. The second-order valence-corrected chi connectivity index (χ2v) is 8.62. The number of hydrogen-bond donors (Lipinski definition) is 1. The monoisotopic (exact) mass is 416 g/mol. The van der Waals surface area contributed by atoms with Gasteiger partial charge in [0.05, 0.1) is 36.3 Å². The third-order valence-corrected chi connectivity index (χ3v) is 7.15. The molecule has 0 aromatic carbocycles. The number of hydrogen-bond acceptors (Lipinski definition) is 8. The molecule has 2 aromatic rings. The minimum atomic E-state index is -0.114. The lowest BCUT2D eigenvalue weighted by atomic mass is 9.76. The highest BCUT2D eigenvalue weighted by Gasteiger charge is 2.45. The van der Waals surface area contributed by atoms with Gasteiger partial charge >= 0.3 is 0 Å². The number of anilines is 1. The number of morpholine rings is 1. The third-order valence-electron chi connectivity index (χ3n) is 6.53. The molecule has 1 spiro atoms. The molecule has 2 aromatic heterocycles. The normalized spacial score (nSPS) is 20.9. The van der Waals surface area contributed by atoms with Crippen LogP contribution in [0.4, 0.5) is 5.95 Å². The average molecular weight is 417 g/mol. The van der Waals surface area contributed by atoms with Crippen LogP contribution in [0.3, 0.4) is 0 Å². The Morgan fingerprint density at radius 1 is 1.14 bits per heavy atom. The first-order valence-corrected chi connectivity index (χ1v) is 10.9. The van der Waals surface area contributed by atoms with Crippen molar-refractivity contribution in [2.24, 2.45) is 0 Å². The molecular weight excluding hydrogens is 392 g/mol. The van der Waals surface area contributed by atoms with E-state index in [9.17, 15) is 9.59 Å². The SMILES string of the molecule is Cc1nsnc1C(=O)N1CCC2(CCc3c2nc(N2CCOCC2)[nH]c3=O)CC1. The molecule has 3 aliphatic rings. The van der Waals surface area contributed by atoms with Crippen LogP contribution in [0.25, 0.3) is 0 Å². The number of piperidine rings is 1. The van der Waals surface area contributed by atoms with Gasteiger partial charge in [-0.1, -0.05) is 0 Å². The zero-order chi connectivity index (χ0) is 20.0. The predicted molar refractivity (Wildman–Crippen MR) is 108 cm³/mol. The Morgan fingerprint density at radius 2 is 1.90 bits per heavy atom. The number of aryl methyl sites for hydroxylation is 1. The molecular formula is C19H24N6O3S.